The Kier molecular flexibility index (Phi) is 2.83. The van der Waals surface area contributed by atoms with E-state index in [1.807, 2.05) is 0 Å². The molecule has 0 amide bonds. The maximum Gasteiger partial charge on any atom is 0.188 e. The van der Waals surface area contributed by atoms with Gasteiger partial charge in [0.25, 0.3) is 0 Å². The van der Waals surface area contributed by atoms with Gasteiger partial charge in [0, 0.05) is 7.11 Å². The highest BCUT2D eigenvalue weighted by atomic mass is 16.7. The largest absolute Gasteiger partial charge is 0.471 e. The van der Waals surface area contributed by atoms with Crippen molar-refractivity contribution in [3.8, 4) is 0 Å². The Morgan fingerprint density at radius 1 is 1.67 bits per heavy atom. The van der Waals surface area contributed by atoms with Crippen LogP contribution in [0.1, 0.15) is 32.6 Å². The van der Waals surface area contributed by atoms with E-state index in [4.69, 9.17) is 9.47 Å². The van der Waals surface area contributed by atoms with Crippen LogP contribution < -0.4 is 0 Å². The highest BCUT2D eigenvalue weighted by Crippen LogP contribution is 2.55. The second kappa shape index (κ2) is 3.97. The number of ether oxygens (including phenoxy) is 2. The van der Waals surface area contributed by atoms with E-state index in [0.29, 0.717) is 5.92 Å². The molecule has 0 aromatic heterocycles. The highest BCUT2D eigenvalue weighted by Gasteiger charge is 2.53. The molecule has 2 aliphatic carbocycles. The van der Waals surface area contributed by atoms with E-state index in [0.717, 1.165) is 31.4 Å². The van der Waals surface area contributed by atoms with Gasteiger partial charge >= 0.3 is 0 Å². The van der Waals surface area contributed by atoms with Crippen LogP contribution in [0.3, 0.4) is 0 Å². The van der Waals surface area contributed by atoms with Crippen molar-refractivity contribution in [3.63, 3.8) is 0 Å². The molecule has 0 N–H and O–H groups in total. The van der Waals surface area contributed by atoms with Gasteiger partial charge in [-0.3, -0.25) is 4.79 Å². The van der Waals surface area contributed by atoms with Gasteiger partial charge in [-0.25, -0.2) is 0 Å². The number of hydrogen-bond acceptors (Lipinski definition) is 3. The van der Waals surface area contributed by atoms with E-state index < -0.39 is 0 Å². The molecule has 3 heteroatoms. The minimum Gasteiger partial charge on any atom is -0.471 e. The lowest BCUT2D eigenvalue weighted by atomic mass is 9.76. The fourth-order valence-electron chi connectivity index (χ4n) is 3.10. The van der Waals surface area contributed by atoms with Crippen LogP contribution in [0.25, 0.3) is 0 Å². The summed E-state index contributed by atoms with van der Waals surface area (Å²) in [6.07, 6.45) is 6.29. The number of ketones is 1. The summed E-state index contributed by atoms with van der Waals surface area (Å²) in [5.74, 6) is 1.59. The third kappa shape index (κ3) is 1.49. The third-order valence-corrected chi connectivity index (χ3v) is 3.81. The molecule has 0 radical (unpaired) electrons. The summed E-state index contributed by atoms with van der Waals surface area (Å²) in [6.45, 7) is 1.93. The van der Waals surface area contributed by atoms with E-state index in [1.54, 1.807) is 14.0 Å². The minimum atomic E-state index is -0.307. The Labute approximate surface area is 90.4 Å². The molecular weight excluding hydrogens is 192 g/mol. The quantitative estimate of drug-likeness (QED) is 0.668. The molecule has 1 fully saturated rings. The summed E-state index contributed by atoms with van der Waals surface area (Å²) < 4.78 is 10.5. The Morgan fingerprint density at radius 2 is 2.47 bits per heavy atom. The van der Waals surface area contributed by atoms with Crippen molar-refractivity contribution >= 4 is 5.78 Å². The maximum atomic E-state index is 11.9. The van der Waals surface area contributed by atoms with Crippen LogP contribution in [0.15, 0.2) is 11.8 Å². The molecule has 0 aromatic rings. The van der Waals surface area contributed by atoms with Gasteiger partial charge in [0.1, 0.15) is 11.5 Å². The van der Waals surface area contributed by atoms with Crippen molar-refractivity contribution in [3.05, 3.63) is 11.8 Å². The van der Waals surface area contributed by atoms with Crippen molar-refractivity contribution in [2.75, 3.05) is 13.9 Å². The first-order valence-corrected chi connectivity index (χ1v) is 5.55. The fourth-order valence-corrected chi connectivity index (χ4v) is 3.10. The monoisotopic (exact) mass is 210 g/mol. The van der Waals surface area contributed by atoms with Crippen LogP contribution in [0.2, 0.25) is 0 Å². The van der Waals surface area contributed by atoms with E-state index in [9.17, 15) is 4.79 Å². The van der Waals surface area contributed by atoms with Crippen LogP contribution in [0, 0.1) is 11.3 Å². The summed E-state index contributed by atoms with van der Waals surface area (Å²) in [5, 5.41) is 0. The minimum absolute atomic E-state index is 0.244. The number of methoxy groups -OCH3 is 1. The first-order chi connectivity index (χ1) is 7.21. The molecule has 84 valence electrons. The Hall–Kier alpha value is -0.830. The molecule has 0 saturated heterocycles. The first kappa shape index (κ1) is 10.7. The zero-order valence-corrected chi connectivity index (χ0v) is 9.41. The molecule has 0 bridgehead atoms. The zero-order chi connectivity index (χ0) is 10.9. The molecule has 2 aliphatic rings. The molecule has 15 heavy (non-hydrogen) atoms. The summed E-state index contributed by atoms with van der Waals surface area (Å²) in [7, 11) is 1.60. The topological polar surface area (TPSA) is 35.5 Å². The van der Waals surface area contributed by atoms with Gasteiger partial charge in [-0.2, -0.15) is 0 Å². The fraction of sp³-hybridized carbons (Fsp3) is 0.750. The SMILES string of the molecule is COCOC1=CC[C@@H]2CCC[C@]12C(C)=O. The average molecular weight is 210 g/mol. The number of rotatable bonds is 4. The van der Waals surface area contributed by atoms with Gasteiger partial charge in [-0.1, -0.05) is 6.42 Å². The summed E-state index contributed by atoms with van der Waals surface area (Å²) in [4.78, 5) is 11.9. The molecule has 2 atom stereocenters. The van der Waals surface area contributed by atoms with Gasteiger partial charge in [0.15, 0.2) is 6.79 Å². The van der Waals surface area contributed by atoms with Crippen molar-refractivity contribution < 1.29 is 14.3 Å². The molecule has 1 saturated carbocycles. The van der Waals surface area contributed by atoms with Crippen LogP contribution in [-0.2, 0) is 14.3 Å². The van der Waals surface area contributed by atoms with Gasteiger partial charge in [-0.05, 0) is 38.2 Å². The molecule has 3 nitrogen and oxygen atoms in total. The standard InChI is InChI=1S/C12H18O3/c1-9(13)12-7-3-4-10(12)5-6-11(12)15-8-14-2/h6,10H,3-5,7-8H2,1-2H3/t10-,12+/m0/s1. The van der Waals surface area contributed by atoms with E-state index in [1.165, 1.54) is 0 Å². The van der Waals surface area contributed by atoms with Crippen LogP contribution in [0.4, 0.5) is 0 Å². The second-order valence-electron chi connectivity index (χ2n) is 4.47. The van der Waals surface area contributed by atoms with Gasteiger partial charge in [0.2, 0.25) is 0 Å². The number of hydrogen-bond donors (Lipinski definition) is 0. The molecule has 0 heterocycles. The van der Waals surface area contributed by atoms with E-state index in [2.05, 4.69) is 6.08 Å². The van der Waals surface area contributed by atoms with Crippen molar-refractivity contribution in [1.82, 2.24) is 0 Å². The molecular formula is C12H18O3. The van der Waals surface area contributed by atoms with Crippen LogP contribution in [-0.4, -0.2) is 19.7 Å². The Morgan fingerprint density at radius 3 is 3.13 bits per heavy atom. The maximum absolute atomic E-state index is 11.9. The highest BCUT2D eigenvalue weighted by molar-refractivity contribution is 5.86. The zero-order valence-electron chi connectivity index (χ0n) is 9.41. The van der Waals surface area contributed by atoms with Gasteiger partial charge < -0.3 is 9.47 Å². The molecule has 0 spiro atoms. The second-order valence-corrected chi connectivity index (χ2v) is 4.47. The smallest absolute Gasteiger partial charge is 0.188 e. The normalized spacial score (nSPS) is 33.7. The van der Waals surface area contributed by atoms with Crippen LogP contribution in [0.5, 0.6) is 0 Å². The number of allylic oxidation sites excluding steroid dienone is 2. The summed E-state index contributed by atoms with van der Waals surface area (Å²) in [5.41, 5.74) is -0.307. The molecule has 2 rings (SSSR count). The lowest BCUT2D eigenvalue weighted by Crippen LogP contribution is -2.33. The predicted octanol–water partition coefficient (Wildman–Crippen LogP) is 2.27. The predicted molar refractivity (Wildman–Crippen MR) is 56.1 cm³/mol. The van der Waals surface area contributed by atoms with E-state index >= 15 is 0 Å². The first-order valence-electron chi connectivity index (χ1n) is 5.55. The Bertz CT molecular complexity index is 295. The van der Waals surface area contributed by atoms with Crippen molar-refractivity contribution in [1.29, 1.82) is 0 Å². The number of Topliss-reactive ketones (excluding diaryl/α,β-unsaturated/α-hetero) is 1. The summed E-state index contributed by atoms with van der Waals surface area (Å²) in [6, 6.07) is 0. The number of carbonyl (C=O) groups is 1. The van der Waals surface area contributed by atoms with Crippen molar-refractivity contribution in [2.45, 2.75) is 32.6 Å². The number of fused-ring (bicyclic) bond motifs is 1. The lowest BCUT2D eigenvalue weighted by molar-refractivity contribution is -0.129. The lowest BCUT2D eigenvalue weighted by Gasteiger charge is -2.29. The third-order valence-electron chi connectivity index (χ3n) is 3.81. The average Bonchev–Trinajstić information content (AvgIpc) is 2.73. The molecule has 0 aliphatic heterocycles. The Balaban J connectivity index is 2.20. The number of carbonyl (C=O) groups excluding carboxylic acids is 1. The van der Waals surface area contributed by atoms with Crippen LogP contribution >= 0.6 is 0 Å². The molecule has 0 unspecified atom stereocenters. The van der Waals surface area contributed by atoms with Crippen molar-refractivity contribution in [2.24, 2.45) is 11.3 Å². The molecule has 0 aromatic carbocycles. The van der Waals surface area contributed by atoms with Gasteiger partial charge in [0.05, 0.1) is 5.41 Å². The van der Waals surface area contributed by atoms with Gasteiger partial charge in [-0.15, -0.1) is 0 Å². The van der Waals surface area contributed by atoms with E-state index in [-0.39, 0.29) is 18.0 Å². The summed E-state index contributed by atoms with van der Waals surface area (Å²) >= 11 is 0.